The van der Waals surface area contributed by atoms with Crippen molar-refractivity contribution >= 4 is 0 Å². The fourth-order valence-corrected chi connectivity index (χ4v) is 2.71. The van der Waals surface area contributed by atoms with Crippen molar-refractivity contribution in [1.29, 1.82) is 0 Å². The Balaban J connectivity index is 2.30. The third kappa shape index (κ3) is 4.41. The largest absolute Gasteiger partial charge is 0.493 e. The molecular weight excluding hydrogens is 288 g/mol. The van der Waals surface area contributed by atoms with Crippen molar-refractivity contribution in [3.8, 4) is 17.2 Å². The molecule has 0 aliphatic carbocycles. The standard InChI is InChI=1S/C20H26O3/c1-5-9-15(2)17-12-19(21-3)20(22-4)13-18(17)23-14-16-10-7-6-8-11-16/h6-8,10-13,15H,5,9,14H2,1-4H3. The van der Waals surface area contributed by atoms with Crippen LogP contribution in [-0.2, 0) is 6.61 Å². The summed E-state index contributed by atoms with van der Waals surface area (Å²) < 4.78 is 17.0. The van der Waals surface area contributed by atoms with E-state index in [4.69, 9.17) is 14.2 Å². The second kappa shape index (κ2) is 8.47. The third-order valence-corrected chi connectivity index (χ3v) is 4.01. The zero-order valence-electron chi connectivity index (χ0n) is 14.5. The predicted octanol–water partition coefficient (Wildman–Crippen LogP) is 5.19. The van der Waals surface area contributed by atoms with Gasteiger partial charge in [0.15, 0.2) is 11.5 Å². The highest BCUT2D eigenvalue weighted by Gasteiger charge is 2.17. The number of hydrogen-bond donors (Lipinski definition) is 0. The summed E-state index contributed by atoms with van der Waals surface area (Å²) in [6, 6.07) is 14.2. The van der Waals surface area contributed by atoms with Gasteiger partial charge in [-0.25, -0.2) is 0 Å². The highest BCUT2D eigenvalue weighted by molar-refractivity contribution is 5.52. The topological polar surface area (TPSA) is 27.7 Å². The Hall–Kier alpha value is -2.16. The maximum Gasteiger partial charge on any atom is 0.164 e. The van der Waals surface area contributed by atoms with Gasteiger partial charge in [0.25, 0.3) is 0 Å². The minimum atomic E-state index is 0.408. The van der Waals surface area contributed by atoms with Crippen LogP contribution < -0.4 is 14.2 Å². The van der Waals surface area contributed by atoms with Crippen molar-refractivity contribution in [2.75, 3.05) is 14.2 Å². The quantitative estimate of drug-likeness (QED) is 0.671. The monoisotopic (exact) mass is 314 g/mol. The van der Waals surface area contributed by atoms with Crippen molar-refractivity contribution in [3.63, 3.8) is 0 Å². The molecule has 0 fully saturated rings. The van der Waals surface area contributed by atoms with Crippen LogP contribution in [0.2, 0.25) is 0 Å². The Morgan fingerprint density at radius 3 is 2.17 bits per heavy atom. The molecule has 0 aromatic heterocycles. The van der Waals surface area contributed by atoms with E-state index in [-0.39, 0.29) is 0 Å². The Bertz CT molecular complexity index is 608. The highest BCUT2D eigenvalue weighted by Crippen LogP contribution is 2.39. The van der Waals surface area contributed by atoms with Crippen LogP contribution in [0.5, 0.6) is 17.2 Å². The normalized spacial score (nSPS) is 11.8. The van der Waals surface area contributed by atoms with Crippen LogP contribution in [-0.4, -0.2) is 14.2 Å². The second-order valence-electron chi connectivity index (χ2n) is 5.71. The molecule has 0 amide bonds. The molecule has 124 valence electrons. The summed E-state index contributed by atoms with van der Waals surface area (Å²) in [4.78, 5) is 0. The van der Waals surface area contributed by atoms with E-state index in [2.05, 4.69) is 26.0 Å². The molecule has 0 saturated heterocycles. The molecule has 0 saturated carbocycles. The smallest absolute Gasteiger partial charge is 0.164 e. The predicted molar refractivity (Wildman–Crippen MR) is 93.6 cm³/mol. The van der Waals surface area contributed by atoms with Crippen LogP contribution >= 0.6 is 0 Å². The van der Waals surface area contributed by atoms with E-state index in [0.29, 0.717) is 18.3 Å². The van der Waals surface area contributed by atoms with Gasteiger partial charge in [0.05, 0.1) is 14.2 Å². The number of methoxy groups -OCH3 is 2. The first-order valence-corrected chi connectivity index (χ1v) is 8.12. The van der Waals surface area contributed by atoms with Gasteiger partial charge in [-0.3, -0.25) is 0 Å². The van der Waals surface area contributed by atoms with Crippen LogP contribution in [0.25, 0.3) is 0 Å². The van der Waals surface area contributed by atoms with Crippen molar-refractivity contribution in [2.24, 2.45) is 0 Å². The van der Waals surface area contributed by atoms with E-state index in [1.54, 1.807) is 14.2 Å². The van der Waals surface area contributed by atoms with Crippen molar-refractivity contribution in [2.45, 2.75) is 39.2 Å². The van der Waals surface area contributed by atoms with Gasteiger partial charge in [0, 0.05) is 11.6 Å². The molecule has 3 heteroatoms. The average Bonchev–Trinajstić information content (AvgIpc) is 2.60. The zero-order valence-corrected chi connectivity index (χ0v) is 14.5. The first-order valence-electron chi connectivity index (χ1n) is 8.12. The summed E-state index contributed by atoms with van der Waals surface area (Å²) in [5, 5.41) is 0. The van der Waals surface area contributed by atoms with E-state index in [9.17, 15) is 0 Å². The minimum Gasteiger partial charge on any atom is -0.493 e. The van der Waals surface area contributed by atoms with E-state index in [1.807, 2.05) is 30.3 Å². The molecular formula is C20H26O3. The molecule has 1 unspecified atom stereocenters. The Morgan fingerprint density at radius 2 is 1.57 bits per heavy atom. The van der Waals surface area contributed by atoms with Gasteiger partial charge in [0.2, 0.25) is 0 Å². The molecule has 0 N–H and O–H groups in total. The van der Waals surface area contributed by atoms with Crippen LogP contribution in [0.3, 0.4) is 0 Å². The van der Waals surface area contributed by atoms with E-state index in [0.717, 1.165) is 29.9 Å². The van der Waals surface area contributed by atoms with Crippen LogP contribution in [0.1, 0.15) is 43.7 Å². The fourth-order valence-electron chi connectivity index (χ4n) is 2.71. The van der Waals surface area contributed by atoms with Gasteiger partial charge in [-0.05, 0) is 24.0 Å². The van der Waals surface area contributed by atoms with Gasteiger partial charge in [-0.2, -0.15) is 0 Å². The average molecular weight is 314 g/mol. The Labute approximate surface area is 139 Å². The van der Waals surface area contributed by atoms with E-state index in [1.165, 1.54) is 5.56 Å². The molecule has 2 aromatic rings. The maximum absolute atomic E-state index is 6.10. The zero-order chi connectivity index (χ0) is 16.7. The first kappa shape index (κ1) is 17.2. The molecule has 0 heterocycles. The SMILES string of the molecule is CCCC(C)c1cc(OC)c(OC)cc1OCc1ccccc1. The Kier molecular flexibility index (Phi) is 6.33. The minimum absolute atomic E-state index is 0.408. The van der Waals surface area contributed by atoms with Gasteiger partial charge in [0.1, 0.15) is 12.4 Å². The molecule has 2 rings (SSSR count). The number of hydrogen-bond acceptors (Lipinski definition) is 3. The molecule has 23 heavy (non-hydrogen) atoms. The first-order chi connectivity index (χ1) is 11.2. The highest BCUT2D eigenvalue weighted by atomic mass is 16.5. The second-order valence-corrected chi connectivity index (χ2v) is 5.71. The molecule has 0 bridgehead atoms. The lowest BCUT2D eigenvalue weighted by atomic mass is 9.95. The molecule has 3 nitrogen and oxygen atoms in total. The summed E-state index contributed by atoms with van der Waals surface area (Å²) in [6.07, 6.45) is 2.24. The lowest BCUT2D eigenvalue weighted by molar-refractivity contribution is 0.294. The lowest BCUT2D eigenvalue weighted by Gasteiger charge is -2.19. The fraction of sp³-hybridized carbons (Fsp3) is 0.400. The molecule has 0 spiro atoms. The van der Waals surface area contributed by atoms with Crippen LogP contribution in [0, 0.1) is 0 Å². The van der Waals surface area contributed by atoms with E-state index < -0.39 is 0 Å². The Morgan fingerprint density at radius 1 is 0.913 bits per heavy atom. The van der Waals surface area contributed by atoms with Gasteiger partial charge in [-0.15, -0.1) is 0 Å². The number of ether oxygens (including phenoxy) is 3. The summed E-state index contributed by atoms with van der Waals surface area (Å²) in [7, 11) is 3.31. The molecule has 1 atom stereocenters. The van der Waals surface area contributed by atoms with Crippen molar-refractivity contribution < 1.29 is 14.2 Å². The summed E-state index contributed by atoms with van der Waals surface area (Å²) >= 11 is 0. The molecule has 0 radical (unpaired) electrons. The number of benzene rings is 2. The summed E-state index contributed by atoms with van der Waals surface area (Å²) in [5.41, 5.74) is 2.32. The number of rotatable bonds is 8. The molecule has 0 aliphatic rings. The molecule has 2 aromatic carbocycles. The van der Waals surface area contributed by atoms with Gasteiger partial charge < -0.3 is 14.2 Å². The van der Waals surface area contributed by atoms with Crippen molar-refractivity contribution in [1.82, 2.24) is 0 Å². The van der Waals surface area contributed by atoms with Crippen molar-refractivity contribution in [3.05, 3.63) is 53.6 Å². The van der Waals surface area contributed by atoms with E-state index >= 15 is 0 Å². The maximum atomic E-state index is 6.10. The summed E-state index contributed by atoms with van der Waals surface area (Å²) in [5.74, 6) is 2.72. The third-order valence-electron chi connectivity index (χ3n) is 4.01. The van der Waals surface area contributed by atoms with Crippen LogP contribution in [0.15, 0.2) is 42.5 Å². The van der Waals surface area contributed by atoms with Gasteiger partial charge in [-0.1, -0.05) is 50.6 Å². The van der Waals surface area contributed by atoms with Crippen LogP contribution in [0.4, 0.5) is 0 Å². The summed E-state index contributed by atoms with van der Waals surface area (Å²) in [6.45, 7) is 4.96. The lowest BCUT2D eigenvalue weighted by Crippen LogP contribution is -2.03. The van der Waals surface area contributed by atoms with Gasteiger partial charge >= 0.3 is 0 Å². The molecule has 0 aliphatic heterocycles.